The van der Waals surface area contributed by atoms with Crippen molar-refractivity contribution in [3.8, 4) is 11.5 Å². The van der Waals surface area contributed by atoms with Crippen molar-refractivity contribution in [2.45, 2.75) is 44.0 Å². The number of anilines is 1. The standard InChI is InChI=1S/C28H34N2O5S/c1-20(21-12-14-22(15-13-21)28(2,3)4)29-27(31)19-30(36(32,33)24-10-8-7-9-11-24)25-17-16-23(34-5)18-26(25)35-6/h7-18,20H,19H2,1-6H3,(H,29,31)/t20-/m1/s1. The summed E-state index contributed by atoms with van der Waals surface area (Å²) in [4.78, 5) is 13.2. The highest BCUT2D eigenvalue weighted by molar-refractivity contribution is 7.92. The lowest BCUT2D eigenvalue weighted by Gasteiger charge is -2.27. The minimum absolute atomic E-state index is 0.0226. The number of amides is 1. The van der Waals surface area contributed by atoms with E-state index in [1.165, 1.54) is 31.9 Å². The van der Waals surface area contributed by atoms with E-state index in [0.717, 1.165) is 9.87 Å². The lowest BCUT2D eigenvalue weighted by atomic mass is 9.86. The van der Waals surface area contributed by atoms with Crippen LogP contribution in [0.4, 0.5) is 5.69 Å². The number of nitrogens with one attached hydrogen (secondary N) is 1. The average molecular weight is 511 g/mol. The maximum atomic E-state index is 13.6. The van der Waals surface area contributed by atoms with Gasteiger partial charge in [-0.2, -0.15) is 0 Å². The summed E-state index contributed by atoms with van der Waals surface area (Å²) in [7, 11) is -1.12. The highest BCUT2D eigenvalue weighted by atomic mass is 32.2. The van der Waals surface area contributed by atoms with Crippen molar-refractivity contribution in [1.29, 1.82) is 0 Å². The Morgan fingerprint density at radius 3 is 2.14 bits per heavy atom. The number of carbonyl (C=O) groups is 1. The molecule has 0 aliphatic rings. The van der Waals surface area contributed by atoms with Gasteiger partial charge in [-0.1, -0.05) is 63.2 Å². The van der Waals surface area contributed by atoms with Crippen molar-refractivity contribution in [3.63, 3.8) is 0 Å². The van der Waals surface area contributed by atoms with Crippen LogP contribution in [-0.2, 0) is 20.2 Å². The summed E-state index contributed by atoms with van der Waals surface area (Å²) in [5.74, 6) is 0.330. The van der Waals surface area contributed by atoms with Crippen molar-refractivity contribution < 1.29 is 22.7 Å². The number of hydrogen-bond donors (Lipinski definition) is 1. The molecule has 0 aliphatic carbocycles. The molecule has 7 nitrogen and oxygen atoms in total. The second-order valence-electron chi connectivity index (χ2n) is 9.52. The van der Waals surface area contributed by atoms with Gasteiger partial charge < -0.3 is 14.8 Å². The molecule has 3 rings (SSSR count). The van der Waals surface area contributed by atoms with Crippen molar-refractivity contribution in [3.05, 3.63) is 83.9 Å². The van der Waals surface area contributed by atoms with E-state index in [4.69, 9.17) is 9.47 Å². The molecular weight excluding hydrogens is 476 g/mol. The average Bonchev–Trinajstić information content (AvgIpc) is 2.87. The van der Waals surface area contributed by atoms with Gasteiger partial charge in [0.25, 0.3) is 10.0 Å². The zero-order chi connectivity index (χ0) is 26.5. The Hall–Kier alpha value is -3.52. The molecule has 0 unspecified atom stereocenters. The monoisotopic (exact) mass is 510 g/mol. The predicted octanol–water partition coefficient (Wildman–Crippen LogP) is 5.07. The van der Waals surface area contributed by atoms with Crippen LogP contribution in [0.5, 0.6) is 11.5 Å². The summed E-state index contributed by atoms with van der Waals surface area (Å²) in [6.07, 6.45) is 0. The second kappa shape index (κ2) is 11.0. The number of rotatable bonds is 9. The van der Waals surface area contributed by atoms with Crippen molar-refractivity contribution in [1.82, 2.24) is 5.32 Å². The number of carbonyl (C=O) groups excluding carboxylic acids is 1. The zero-order valence-corrected chi connectivity index (χ0v) is 22.4. The number of benzene rings is 3. The fourth-order valence-electron chi connectivity index (χ4n) is 3.78. The fourth-order valence-corrected chi connectivity index (χ4v) is 5.24. The predicted molar refractivity (Wildman–Crippen MR) is 142 cm³/mol. The van der Waals surface area contributed by atoms with Crippen LogP contribution in [0.25, 0.3) is 0 Å². The van der Waals surface area contributed by atoms with Gasteiger partial charge in [0.1, 0.15) is 18.0 Å². The largest absolute Gasteiger partial charge is 0.497 e. The molecule has 1 N–H and O–H groups in total. The molecule has 0 fully saturated rings. The molecule has 1 amide bonds. The van der Waals surface area contributed by atoms with Crippen LogP contribution >= 0.6 is 0 Å². The Bertz CT molecular complexity index is 1280. The van der Waals surface area contributed by atoms with Crippen LogP contribution in [0.3, 0.4) is 0 Å². The summed E-state index contributed by atoms with van der Waals surface area (Å²) < 4.78 is 39.0. The summed E-state index contributed by atoms with van der Waals surface area (Å²) in [6.45, 7) is 7.87. The van der Waals surface area contributed by atoms with E-state index in [0.29, 0.717) is 5.75 Å². The van der Waals surface area contributed by atoms with E-state index in [-0.39, 0.29) is 27.8 Å². The van der Waals surface area contributed by atoms with Gasteiger partial charge in [-0.15, -0.1) is 0 Å². The number of sulfonamides is 1. The second-order valence-corrected chi connectivity index (χ2v) is 11.4. The molecule has 0 bridgehead atoms. The summed E-state index contributed by atoms with van der Waals surface area (Å²) in [5.41, 5.74) is 2.38. The zero-order valence-electron chi connectivity index (χ0n) is 21.6. The third kappa shape index (κ3) is 6.18. The lowest BCUT2D eigenvalue weighted by molar-refractivity contribution is -0.120. The van der Waals surface area contributed by atoms with Gasteiger partial charge in [0.15, 0.2) is 0 Å². The third-order valence-corrected chi connectivity index (χ3v) is 7.70. The van der Waals surface area contributed by atoms with Gasteiger partial charge >= 0.3 is 0 Å². The lowest BCUT2D eigenvalue weighted by Crippen LogP contribution is -2.41. The van der Waals surface area contributed by atoms with Gasteiger partial charge in [0.2, 0.25) is 5.91 Å². The van der Waals surface area contributed by atoms with Crippen LogP contribution in [0.15, 0.2) is 77.7 Å². The van der Waals surface area contributed by atoms with Crippen molar-refractivity contribution >= 4 is 21.6 Å². The maximum Gasteiger partial charge on any atom is 0.264 e. The molecule has 8 heteroatoms. The molecule has 0 spiro atoms. The van der Waals surface area contributed by atoms with Crippen LogP contribution in [0.1, 0.15) is 44.9 Å². The molecule has 0 heterocycles. The van der Waals surface area contributed by atoms with E-state index in [1.807, 2.05) is 31.2 Å². The minimum Gasteiger partial charge on any atom is -0.497 e. The highest BCUT2D eigenvalue weighted by Gasteiger charge is 2.30. The highest BCUT2D eigenvalue weighted by Crippen LogP contribution is 2.35. The molecule has 0 aromatic heterocycles. The quantitative estimate of drug-likeness (QED) is 0.434. The van der Waals surface area contributed by atoms with Crippen molar-refractivity contribution in [2.75, 3.05) is 25.1 Å². The topological polar surface area (TPSA) is 84.9 Å². The minimum atomic E-state index is -4.07. The van der Waals surface area contributed by atoms with Crippen LogP contribution < -0.4 is 19.1 Å². The Labute approximate surface area is 214 Å². The summed E-state index contributed by atoms with van der Waals surface area (Å²) in [6, 6.07) is 20.5. The molecule has 3 aromatic rings. The van der Waals surface area contributed by atoms with Crippen LogP contribution in [-0.4, -0.2) is 35.1 Å². The third-order valence-electron chi connectivity index (χ3n) is 5.93. The molecule has 192 valence electrons. The van der Waals surface area contributed by atoms with E-state index in [1.54, 1.807) is 36.4 Å². The molecule has 0 aliphatic heterocycles. The summed E-state index contributed by atoms with van der Waals surface area (Å²) in [5, 5.41) is 2.93. The Balaban J connectivity index is 1.91. The molecule has 0 radical (unpaired) electrons. The molecular formula is C28H34N2O5S. The number of methoxy groups -OCH3 is 2. The van der Waals surface area contributed by atoms with E-state index >= 15 is 0 Å². The first-order chi connectivity index (χ1) is 17.0. The van der Waals surface area contributed by atoms with E-state index in [2.05, 4.69) is 26.1 Å². The van der Waals surface area contributed by atoms with E-state index in [9.17, 15) is 13.2 Å². The van der Waals surface area contributed by atoms with Crippen molar-refractivity contribution in [2.24, 2.45) is 0 Å². The number of nitrogens with zero attached hydrogens (tertiary/aromatic N) is 1. The molecule has 0 saturated heterocycles. The molecule has 0 saturated carbocycles. The normalized spacial score (nSPS) is 12.5. The Morgan fingerprint density at radius 1 is 0.944 bits per heavy atom. The first-order valence-electron chi connectivity index (χ1n) is 11.7. The Kier molecular flexibility index (Phi) is 8.30. The van der Waals surface area contributed by atoms with Gasteiger partial charge in [0, 0.05) is 6.07 Å². The van der Waals surface area contributed by atoms with Gasteiger partial charge in [-0.25, -0.2) is 8.42 Å². The van der Waals surface area contributed by atoms with Gasteiger partial charge in [0.05, 0.1) is 30.8 Å². The maximum absolute atomic E-state index is 13.6. The first-order valence-corrected chi connectivity index (χ1v) is 13.1. The molecule has 36 heavy (non-hydrogen) atoms. The molecule has 3 aromatic carbocycles. The number of ether oxygens (including phenoxy) is 2. The SMILES string of the molecule is COc1ccc(N(CC(=O)N[C@H](C)c2ccc(C(C)(C)C)cc2)S(=O)(=O)c2ccccc2)c(OC)c1. The van der Waals surface area contributed by atoms with Gasteiger partial charge in [-0.05, 0) is 47.7 Å². The fraction of sp³-hybridized carbons (Fsp3) is 0.321. The van der Waals surface area contributed by atoms with E-state index < -0.39 is 22.5 Å². The summed E-state index contributed by atoms with van der Waals surface area (Å²) >= 11 is 0. The van der Waals surface area contributed by atoms with Gasteiger partial charge in [-0.3, -0.25) is 9.10 Å². The van der Waals surface area contributed by atoms with Crippen LogP contribution in [0, 0.1) is 0 Å². The first kappa shape index (κ1) is 27.1. The Morgan fingerprint density at radius 2 is 1.58 bits per heavy atom. The molecule has 1 atom stereocenters. The van der Waals surface area contributed by atoms with Crippen LogP contribution in [0.2, 0.25) is 0 Å². The smallest absolute Gasteiger partial charge is 0.264 e. The number of hydrogen-bond acceptors (Lipinski definition) is 5.